The lowest BCUT2D eigenvalue weighted by atomic mass is 10.0. The molecule has 0 aliphatic carbocycles. The lowest BCUT2D eigenvalue weighted by Crippen LogP contribution is -2.33. The predicted molar refractivity (Wildman–Crippen MR) is 133 cm³/mol. The molecule has 1 aromatic heterocycles. The largest absolute Gasteiger partial charge is 0.442 e. The number of aromatic nitrogens is 3. The number of ether oxygens (including phenoxy) is 1. The number of aromatic amines is 1. The van der Waals surface area contributed by atoms with Crippen molar-refractivity contribution < 1.29 is 23.8 Å². The number of aliphatic hydroxyl groups is 1. The molecule has 4 rings (SSSR count). The number of aliphatic hydroxyl groups excluding tert-OH is 1. The van der Waals surface area contributed by atoms with E-state index >= 15 is 0 Å². The number of hydrogen-bond acceptors (Lipinski definition) is 8. The van der Waals surface area contributed by atoms with Gasteiger partial charge in [0.1, 0.15) is 18.2 Å². The van der Waals surface area contributed by atoms with Crippen LogP contribution in [0, 0.1) is 5.82 Å². The minimum Gasteiger partial charge on any atom is -0.442 e. The first-order chi connectivity index (χ1) is 17.4. The Balaban J connectivity index is 1.29. The lowest BCUT2D eigenvalue weighted by molar-refractivity contribution is -0.119. The highest BCUT2D eigenvalue weighted by Gasteiger charge is 2.32. The monoisotopic (exact) mass is 514 g/mol. The number of H-pyrrole nitrogens is 1. The number of nitrogens with one attached hydrogen (secondary N) is 3. The van der Waals surface area contributed by atoms with Crippen LogP contribution in [0.5, 0.6) is 0 Å². The van der Waals surface area contributed by atoms with Crippen molar-refractivity contribution in [3.63, 3.8) is 0 Å². The molecule has 36 heavy (non-hydrogen) atoms. The van der Waals surface area contributed by atoms with E-state index in [0.29, 0.717) is 40.8 Å². The molecule has 190 valence electrons. The van der Waals surface area contributed by atoms with Gasteiger partial charge in [-0.15, -0.1) is 0 Å². The molecule has 1 aliphatic heterocycles. The second-order valence-electron chi connectivity index (χ2n) is 8.30. The summed E-state index contributed by atoms with van der Waals surface area (Å²) in [6.07, 6.45) is -0.178. The number of thioether (sulfide) groups is 1. The highest BCUT2D eigenvalue weighted by Crippen LogP contribution is 2.29. The number of carbonyl (C=O) groups excluding carboxylic acids is 2. The molecule has 3 aromatic rings. The summed E-state index contributed by atoms with van der Waals surface area (Å²) in [4.78, 5) is 28.6. The molecular formula is C24H27FN6O4S. The molecule has 2 heterocycles. The number of halogens is 1. The van der Waals surface area contributed by atoms with Crippen LogP contribution >= 0.6 is 11.8 Å². The number of nitrogens with zero attached hydrogens (tertiary/aromatic N) is 3. The quantitative estimate of drug-likeness (QED) is 0.287. The van der Waals surface area contributed by atoms with Crippen LogP contribution in [-0.4, -0.2) is 69.9 Å². The van der Waals surface area contributed by atoms with Crippen LogP contribution in [0.1, 0.15) is 12.5 Å². The first-order valence-corrected chi connectivity index (χ1v) is 12.4. The third-order valence-corrected chi connectivity index (χ3v) is 6.52. The van der Waals surface area contributed by atoms with E-state index in [0.717, 1.165) is 5.56 Å². The van der Waals surface area contributed by atoms with Crippen LogP contribution in [-0.2, 0) is 16.1 Å². The average molecular weight is 515 g/mol. The summed E-state index contributed by atoms with van der Waals surface area (Å²) in [6.45, 7) is 2.80. The van der Waals surface area contributed by atoms with Crippen LogP contribution < -0.4 is 15.5 Å². The van der Waals surface area contributed by atoms with Crippen molar-refractivity contribution in [3.8, 4) is 11.1 Å². The molecule has 0 spiro atoms. The minimum atomic E-state index is -0.573. The fourth-order valence-corrected chi connectivity index (χ4v) is 4.39. The molecule has 2 unspecified atom stereocenters. The van der Waals surface area contributed by atoms with E-state index in [1.807, 2.05) is 24.3 Å². The highest BCUT2D eigenvalue weighted by atomic mass is 32.2. The maximum atomic E-state index is 14.9. The highest BCUT2D eigenvalue weighted by molar-refractivity contribution is 7.99. The van der Waals surface area contributed by atoms with Crippen molar-refractivity contribution in [1.29, 1.82) is 0 Å². The molecule has 0 radical (unpaired) electrons. The van der Waals surface area contributed by atoms with Crippen molar-refractivity contribution in [2.24, 2.45) is 0 Å². The Morgan fingerprint density at radius 2 is 2.14 bits per heavy atom. The molecule has 2 aromatic carbocycles. The van der Waals surface area contributed by atoms with Gasteiger partial charge in [0.15, 0.2) is 5.16 Å². The molecule has 0 bridgehead atoms. The summed E-state index contributed by atoms with van der Waals surface area (Å²) in [6, 6.07) is 12.1. The average Bonchev–Trinajstić information content (AvgIpc) is 3.51. The van der Waals surface area contributed by atoms with E-state index in [-0.39, 0.29) is 19.0 Å². The Hall–Kier alpha value is -3.48. The molecule has 10 nitrogen and oxygen atoms in total. The Morgan fingerprint density at radius 1 is 1.33 bits per heavy atom. The Labute approximate surface area is 211 Å². The molecule has 2 amide bonds. The van der Waals surface area contributed by atoms with Crippen molar-refractivity contribution in [2.75, 3.05) is 30.3 Å². The van der Waals surface area contributed by atoms with Crippen LogP contribution in [0.4, 0.5) is 14.9 Å². The van der Waals surface area contributed by atoms with Gasteiger partial charge in [-0.05, 0) is 29.3 Å². The number of hydrogen-bond donors (Lipinski definition) is 4. The smallest absolute Gasteiger partial charge is 0.414 e. The number of cyclic esters (lactones) is 1. The van der Waals surface area contributed by atoms with E-state index in [2.05, 4.69) is 25.8 Å². The molecule has 4 N–H and O–H groups in total. The van der Waals surface area contributed by atoms with Gasteiger partial charge < -0.3 is 20.5 Å². The molecule has 2 atom stereocenters. The van der Waals surface area contributed by atoms with Gasteiger partial charge in [-0.3, -0.25) is 14.8 Å². The van der Waals surface area contributed by atoms with Crippen molar-refractivity contribution in [2.45, 2.75) is 30.8 Å². The van der Waals surface area contributed by atoms with Crippen LogP contribution in [0.2, 0.25) is 0 Å². The standard InChI is InChI=1S/C24H27FN6O4S/c1-15(32)27-11-20-12-31(24(34)35-20)18-6-7-21(22(25)8-18)17-4-2-16(3-5-17)9-26-10-19(33)13-36-23-28-14-29-30-23/h2-8,14,19-20,26,33H,9-13H2,1H3,(H,27,32)(H,28,29,30). The summed E-state index contributed by atoms with van der Waals surface area (Å²) in [5, 5.41) is 23.1. The van der Waals surface area contributed by atoms with E-state index < -0.39 is 24.1 Å². The number of rotatable bonds is 11. The van der Waals surface area contributed by atoms with E-state index in [1.165, 1.54) is 36.0 Å². The van der Waals surface area contributed by atoms with Gasteiger partial charge in [0, 0.05) is 31.3 Å². The maximum Gasteiger partial charge on any atom is 0.414 e. The SMILES string of the molecule is CC(=O)NCC1CN(c2ccc(-c3ccc(CNCC(O)CSc4ncn[nH]4)cc3)c(F)c2)C(=O)O1. The van der Waals surface area contributed by atoms with Crippen molar-refractivity contribution >= 4 is 29.4 Å². The molecule has 12 heteroatoms. The second-order valence-corrected chi connectivity index (χ2v) is 9.31. The zero-order valence-electron chi connectivity index (χ0n) is 19.6. The van der Waals surface area contributed by atoms with Crippen molar-refractivity contribution in [1.82, 2.24) is 25.8 Å². The third kappa shape index (κ3) is 6.80. The summed E-state index contributed by atoms with van der Waals surface area (Å²) >= 11 is 1.40. The van der Waals surface area contributed by atoms with Crippen LogP contribution in [0.25, 0.3) is 11.1 Å². The van der Waals surface area contributed by atoms with Crippen LogP contribution in [0.3, 0.4) is 0 Å². The van der Waals surface area contributed by atoms with Gasteiger partial charge in [-0.25, -0.2) is 14.2 Å². The van der Waals surface area contributed by atoms with Crippen LogP contribution in [0.15, 0.2) is 53.9 Å². The van der Waals surface area contributed by atoms with Gasteiger partial charge in [-0.2, -0.15) is 5.10 Å². The number of benzene rings is 2. The molecule has 0 saturated carbocycles. The second kappa shape index (κ2) is 12.0. The zero-order chi connectivity index (χ0) is 25.5. The summed E-state index contributed by atoms with van der Waals surface area (Å²) < 4.78 is 20.2. The summed E-state index contributed by atoms with van der Waals surface area (Å²) in [7, 11) is 0. The zero-order valence-corrected chi connectivity index (χ0v) is 20.4. The van der Waals surface area contributed by atoms with Crippen molar-refractivity contribution in [3.05, 3.63) is 60.2 Å². The fourth-order valence-electron chi connectivity index (χ4n) is 3.69. The minimum absolute atomic E-state index is 0.208. The van der Waals surface area contributed by atoms with Gasteiger partial charge >= 0.3 is 6.09 Å². The van der Waals surface area contributed by atoms with Gasteiger partial charge in [0.2, 0.25) is 5.91 Å². The Morgan fingerprint density at radius 3 is 2.83 bits per heavy atom. The lowest BCUT2D eigenvalue weighted by Gasteiger charge is -2.15. The molecule has 1 aliphatic rings. The van der Waals surface area contributed by atoms with Gasteiger partial charge in [0.25, 0.3) is 0 Å². The Bertz CT molecular complexity index is 1180. The Kier molecular flexibility index (Phi) is 8.52. The van der Waals surface area contributed by atoms with E-state index in [4.69, 9.17) is 4.74 Å². The normalized spacial score (nSPS) is 16.1. The third-order valence-electron chi connectivity index (χ3n) is 5.50. The summed E-state index contributed by atoms with van der Waals surface area (Å²) in [5.74, 6) is -0.178. The van der Waals surface area contributed by atoms with E-state index in [1.54, 1.807) is 12.1 Å². The fraction of sp³-hybridized carbons (Fsp3) is 0.333. The maximum absolute atomic E-state index is 14.9. The molecule has 1 fully saturated rings. The topological polar surface area (TPSA) is 132 Å². The molecular weight excluding hydrogens is 487 g/mol. The number of amides is 2. The first-order valence-electron chi connectivity index (χ1n) is 11.4. The number of anilines is 1. The van der Waals surface area contributed by atoms with Gasteiger partial charge in [0.05, 0.1) is 24.9 Å². The summed E-state index contributed by atoms with van der Waals surface area (Å²) in [5.41, 5.74) is 2.52. The number of carbonyl (C=O) groups is 2. The predicted octanol–water partition coefficient (Wildman–Crippen LogP) is 2.31. The molecule has 1 saturated heterocycles. The van der Waals surface area contributed by atoms with E-state index in [9.17, 15) is 19.1 Å². The van der Waals surface area contributed by atoms with Gasteiger partial charge in [-0.1, -0.05) is 36.0 Å². The first kappa shape index (κ1) is 25.6.